The highest BCUT2D eigenvalue weighted by Crippen LogP contribution is 2.24. The van der Waals surface area contributed by atoms with E-state index in [0.717, 1.165) is 11.3 Å². The number of halogens is 1. The lowest BCUT2D eigenvalue weighted by molar-refractivity contribution is 0.0601. The molecule has 0 amide bonds. The first-order valence-corrected chi connectivity index (χ1v) is 6.54. The number of rotatable bonds is 4. The summed E-state index contributed by atoms with van der Waals surface area (Å²) in [6, 6.07) is 9.11. The number of benzene rings is 1. The van der Waals surface area contributed by atoms with Crippen molar-refractivity contribution in [3.63, 3.8) is 0 Å². The number of anilines is 1. The summed E-state index contributed by atoms with van der Waals surface area (Å²) in [5.74, 6) is -0.451. The van der Waals surface area contributed by atoms with Gasteiger partial charge in [0.1, 0.15) is 0 Å². The lowest BCUT2D eigenvalue weighted by Crippen LogP contribution is -2.08. The Hall–Kier alpha value is -2.07. The van der Waals surface area contributed by atoms with Crippen molar-refractivity contribution in [1.82, 2.24) is 4.98 Å². The van der Waals surface area contributed by atoms with Gasteiger partial charge in [-0.1, -0.05) is 17.7 Å². The molecule has 0 saturated carbocycles. The maximum Gasteiger partial charge on any atom is 0.339 e. The number of hydrogen-bond acceptors (Lipinski definition) is 4. The molecule has 1 aromatic heterocycles. The Morgan fingerprint density at radius 3 is 2.85 bits per heavy atom. The van der Waals surface area contributed by atoms with Gasteiger partial charge in [0.25, 0.3) is 0 Å². The zero-order valence-corrected chi connectivity index (χ0v) is 12.0. The first-order chi connectivity index (χ1) is 9.61. The minimum absolute atomic E-state index is 0.0652. The van der Waals surface area contributed by atoms with Gasteiger partial charge in [-0.25, -0.2) is 4.79 Å². The quantitative estimate of drug-likeness (QED) is 0.873. The smallest absolute Gasteiger partial charge is 0.339 e. The normalized spacial score (nSPS) is 11.8. The molecule has 1 N–H and O–H groups in total. The first-order valence-electron chi connectivity index (χ1n) is 6.16. The number of nitrogens with zero attached hydrogens (tertiary/aromatic N) is 1. The fraction of sp³-hybridized carbons (Fsp3) is 0.200. The van der Waals surface area contributed by atoms with Crippen LogP contribution in [0.25, 0.3) is 0 Å². The van der Waals surface area contributed by atoms with Crippen LogP contribution in [0.3, 0.4) is 0 Å². The van der Waals surface area contributed by atoms with Crippen LogP contribution in [-0.2, 0) is 4.74 Å². The summed E-state index contributed by atoms with van der Waals surface area (Å²) in [6.45, 7) is 2.02. The molecule has 1 aromatic carbocycles. The lowest BCUT2D eigenvalue weighted by atomic mass is 10.1. The molecule has 2 aromatic rings. The number of aromatic nitrogens is 1. The van der Waals surface area contributed by atoms with E-state index in [4.69, 9.17) is 16.3 Å². The molecule has 20 heavy (non-hydrogen) atoms. The third-order valence-corrected chi connectivity index (χ3v) is 3.27. The molecule has 0 fully saturated rings. The molecule has 5 heteroatoms. The predicted octanol–water partition coefficient (Wildman–Crippen LogP) is 3.69. The molecule has 1 unspecified atom stereocenters. The molecule has 0 saturated heterocycles. The average Bonchev–Trinajstić information content (AvgIpc) is 2.49. The van der Waals surface area contributed by atoms with Gasteiger partial charge in [-0.05, 0) is 36.8 Å². The number of ether oxygens (including phenoxy) is 1. The van der Waals surface area contributed by atoms with Crippen LogP contribution in [0.2, 0.25) is 5.02 Å². The van der Waals surface area contributed by atoms with E-state index in [1.165, 1.54) is 7.11 Å². The summed E-state index contributed by atoms with van der Waals surface area (Å²) in [5.41, 5.74) is 2.20. The van der Waals surface area contributed by atoms with Gasteiger partial charge >= 0.3 is 5.97 Å². The molecule has 0 radical (unpaired) electrons. The zero-order chi connectivity index (χ0) is 14.5. The monoisotopic (exact) mass is 290 g/mol. The van der Waals surface area contributed by atoms with E-state index in [9.17, 15) is 4.79 Å². The second-order valence-corrected chi connectivity index (χ2v) is 4.75. The SMILES string of the molecule is COC(=O)c1cc(NC(C)c2cccnc2)ccc1Cl. The molecule has 2 rings (SSSR count). The maximum atomic E-state index is 11.6. The molecule has 4 nitrogen and oxygen atoms in total. The van der Waals surface area contributed by atoms with Crippen LogP contribution in [0.5, 0.6) is 0 Å². The molecule has 0 aliphatic heterocycles. The van der Waals surface area contributed by atoms with E-state index >= 15 is 0 Å². The van der Waals surface area contributed by atoms with E-state index in [0.29, 0.717) is 10.6 Å². The molecule has 0 spiro atoms. The van der Waals surface area contributed by atoms with Crippen molar-refractivity contribution in [2.45, 2.75) is 13.0 Å². The summed E-state index contributed by atoms with van der Waals surface area (Å²) >= 11 is 5.98. The number of carbonyl (C=O) groups excluding carboxylic acids is 1. The molecule has 1 atom stereocenters. The standard InChI is InChI=1S/C15H15ClN2O2/c1-10(11-4-3-7-17-9-11)18-12-5-6-14(16)13(8-12)15(19)20-2/h3-10,18H,1-2H3. The molecular formula is C15H15ClN2O2. The van der Waals surface area contributed by atoms with Crippen molar-refractivity contribution in [1.29, 1.82) is 0 Å². The van der Waals surface area contributed by atoms with E-state index in [1.807, 2.05) is 25.1 Å². The van der Waals surface area contributed by atoms with Crippen molar-refractivity contribution >= 4 is 23.3 Å². The predicted molar refractivity (Wildman–Crippen MR) is 79.1 cm³/mol. The molecule has 0 bridgehead atoms. The summed E-state index contributed by atoms with van der Waals surface area (Å²) in [4.78, 5) is 15.7. The van der Waals surface area contributed by atoms with Gasteiger partial charge in [0.05, 0.1) is 23.7 Å². The van der Waals surface area contributed by atoms with Gasteiger partial charge in [-0.3, -0.25) is 4.98 Å². The van der Waals surface area contributed by atoms with Crippen LogP contribution in [-0.4, -0.2) is 18.1 Å². The second-order valence-electron chi connectivity index (χ2n) is 4.34. The number of methoxy groups -OCH3 is 1. The molecule has 0 aliphatic carbocycles. The number of nitrogens with one attached hydrogen (secondary N) is 1. The Balaban J connectivity index is 2.20. The van der Waals surface area contributed by atoms with Gasteiger partial charge in [-0.15, -0.1) is 0 Å². The molecule has 104 valence electrons. The molecule has 1 heterocycles. The van der Waals surface area contributed by atoms with Crippen LogP contribution in [0.1, 0.15) is 28.9 Å². The Morgan fingerprint density at radius 2 is 2.20 bits per heavy atom. The molecule has 0 aliphatic rings. The fourth-order valence-corrected chi connectivity index (χ4v) is 2.04. The summed E-state index contributed by atoms with van der Waals surface area (Å²) < 4.78 is 4.70. The van der Waals surface area contributed by atoms with Crippen molar-refractivity contribution < 1.29 is 9.53 Å². The molecular weight excluding hydrogens is 276 g/mol. The fourth-order valence-electron chi connectivity index (χ4n) is 1.85. The number of carbonyl (C=O) groups is 1. The highest BCUT2D eigenvalue weighted by molar-refractivity contribution is 6.33. The van der Waals surface area contributed by atoms with Crippen LogP contribution in [0.4, 0.5) is 5.69 Å². The maximum absolute atomic E-state index is 11.6. The van der Waals surface area contributed by atoms with Crippen LogP contribution < -0.4 is 5.32 Å². The zero-order valence-electron chi connectivity index (χ0n) is 11.3. The van der Waals surface area contributed by atoms with Gasteiger partial charge < -0.3 is 10.1 Å². The van der Waals surface area contributed by atoms with E-state index < -0.39 is 5.97 Å². The highest BCUT2D eigenvalue weighted by Gasteiger charge is 2.12. The van der Waals surface area contributed by atoms with Crippen molar-refractivity contribution in [2.24, 2.45) is 0 Å². The van der Waals surface area contributed by atoms with Crippen LogP contribution >= 0.6 is 11.6 Å². The topological polar surface area (TPSA) is 51.2 Å². The minimum Gasteiger partial charge on any atom is -0.465 e. The lowest BCUT2D eigenvalue weighted by Gasteiger charge is -2.16. The summed E-state index contributed by atoms with van der Waals surface area (Å²) in [7, 11) is 1.33. The first kappa shape index (κ1) is 14.3. The highest BCUT2D eigenvalue weighted by atomic mass is 35.5. The van der Waals surface area contributed by atoms with Crippen LogP contribution in [0, 0.1) is 0 Å². The van der Waals surface area contributed by atoms with Crippen LogP contribution in [0.15, 0.2) is 42.7 Å². The van der Waals surface area contributed by atoms with Gasteiger partial charge in [0, 0.05) is 18.1 Å². The second kappa shape index (κ2) is 6.39. The van der Waals surface area contributed by atoms with Crippen molar-refractivity contribution in [3.05, 3.63) is 58.9 Å². The average molecular weight is 291 g/mol. The van der Waals surface area contributed by atoms with Gasteiger partial charge in [0.15, 0.2) is 0 Å². The Bertz CT molecular complexity index is 602. The number of hydrogen-bond donors (Lipinski definition) is 1. The van der Waals surface area contributed by atoms with Gasteiger partial charge in [0.2, 0.25) is 0 Å². The van der Waals surface area contributed by atoms with E-state index in [1.54, 1.807) is 24.5 Å². The largest absolute Gasteiger partial charge is 0.465 e. The Labute approximate surface area is 122 Å². The van der Waals surface area contributed by atoms with Crippen molar-refractivity contribution in [2.75, 3.05) is 12.4 Å². The summed E-state index contributed by atoms with van der Waals surface area (Å²) in [5, 5.41) is 3.67. The number of pyridine rings is 1. The van der Waals surface area contributed by atoms with Crippen molar-refractivity contribution in [3.8, 4) is 0 Å². The third-order valence-electron chi connectivity index (χ3n) is 2.94. The van der Waals surface area contributed by atoms with Gasteiger partial charge in [-0.2, -0.15) is 0 Å². The van der Waals surface area contributed by atoms with E-state index in [-0.39, 0.29) is 6.04 Å². The minimum atomic E-state index is -0.451. The number of esters is 1. The Morgan fingerprint density at radius 1 is 1.40 bits per heavy atom. The third kappa shape index (κ3) is 3.27. The Kier molecular flexibility index (Phi) is 4.58. The summed E-state index contributed by atoms with van der Waals surface area (Å²) in [6.07, 6.45) is 3.53. The van der Waals surface area contributed by atoms with E-state index in [2.05, 4.69) is 10.3 Å².